The first kappa shape index (κ1) is 17.8. The molecule has 11 nitrogen and oxygen atoms in total. The van der Waals surface area contributed by atoms with Crippen molar-refractivity contribution >= 4 is 17.9 Å². The molecule has 0 aliphatic carbocycles. The maximum atomic E-state index is 11.7. The van der Waals surface area contributed by atoms with Gasteiger partial charge in [-0.25, -0.2) is 0 Å². The van der Waals surface area contributed by atoms with Gasteiger partial charge in [0.05, 0.1) is 13.2 Å². The maximum Gasteiger partial charge on any atom is 0.314 e. The molecule has 0 spiro atoms. The smallest absolute Gasteiger partial charge is 0.314 e. The number of carboxylic acids is 1. The van der Waals surface area contributed by atoms with Crippen LogP contribution in [0.25, 0.3) is 0 Å². The van der Waals surface area contributed by atoms with E-state index in [9.17, 15) is 19.5 Å². The molecule has 0 bridgehead atoms. The highest BCUT2D eigenvalue weighted by molar-refractivity contribution is 5.75. The Hall–Kier alpha value is -2.56. The predicted molar refractivity (Wildman–Crippen MR) is 74.4 cm³/mol. The van der Waals surface area contributed by atoms with Crippen LogP contribution in [-0.4, -0.2) is 62.2 Å². The number of nitrogens with zero attached hydrogens (tertiary/aromatic N) is 4. The first-order chi connectivity index (χ1) is 11.3. The third-order valence-corrected chi connectivity index (χ3v) is 3.45. The number of ether oxygens (including phenoxy) is 3. The Balaban J connectivity index is 2.31. The number of carbonyl (C=O) groups excluding carboxylic acids is 2. The molecule has 1 fully saturated rings. The van der Waals surface area contributed by atoms with Crippen LogP contribution in [0.1, 0.15) is 32.5 Å². The molecule has 132 valence electrons. The summed E-state index contributed by atoms with van der Waals surface area (Å²) in [6.07, 6.45) is -2.26. The number of tetrazole rings is 1. The van der Waals surface area contributed by atoms with Crippen molar-refractivity contribution in [3.8, 4) is 0 Å². The van der Waals surface area contributed by atoms with Crippen LogP contribution in [0.15, 0.2) is 0 Å². The van der Waals surface area contributed by atoms with Gasteiger partial charge in [0, 0.05) is 19.8 Å². The molecule has 11 heteroatoms. The molecule has 1 aliphatic heterocycles. The average Bonchev–Trinajstić information content (AvgIpc) is 3.08. The number of aromatic nitrogens is 4. The zero-order chi connectivity index (χ0) is 17.9. The Morgan fingerprint density at radius 3 is 2.50 bits per heavy atom. The topological polar surface area (TPSA) is 143 Å². The Morgan fingerprint density at radius 2 is 2.00 bits per heavy atom. The molecule has 1 unspecified atom stereocenters. The van der Waals surface area contributed by atoms with E-state index in [1.807, 2.05) is 0 Å². The second-order valence-electron chi connectivity index (χ2n) is 5.20. The molecular formula is C13H18N4O7. The van der Waals surface area contributed by atoms with Crippen LogP contribution >= 0.6 is 0 Å². The van der Waals surface area contributed by atoms with Crippen LogP contribution < -0.4 is 0 Å². The van der Waals surface area contributed by atoms with Gasteiger partial charge < -0.3 is 19.3 Å². The van der Waals surface area contributed by atoms with Crippen LogP contribution in [0.2, 0.25) is 0 Å². The van der Waals surface area contributed by atoms with Crippen LogP contribution in [-0.2, 0) is 35.1 Å². The van der Waals surface area contributed by atoms with E-state index in [-0.39, 0.29) is 12.4 Å². The van der Waals surface area contributed by atoms with Crippen molar-refractivity contribution < 1.29 is 33.7 Å². The lowest BCUT2D eigenvalue weighted by Gasteiger charge is -2.24. The van der Waals surface area contributed by atoms with Crippen LogP contribution in [0.3, 0.4) is 0 Å². The number of hydrogen-bond donors (Lipinski definition) is 1. The van der Waals surface area contributed by atoms with Crippen molar-refractivity contribution in [2.24, 2.45) is 5.92 Å². The van der Waals surface area contributed by atoms with Crippen molar-refractivity contribution in [1.82, 2.24) is 20.2 Å². The van der Waals surface area contributed by atoms with Gasteiger partial charge in [-0.05, 0) is 12.1 Å². The minimum absolute atomic E-state index is 0.0291. The molecule has 24 heavy (non-hydrogen) atoms. The van der Waals surface area contributed by atoms with Gasteiger partial charge in [0.25, 0.3) is 0 Å². The van der Waals surface area contributed by atoms with Gasteiger partial charge in [0.2, 0.25) is 6.29 Å². The lowest BCUT2D eigenvalue weighted by molar-refractivity contribution is -0.190. The van der Waals surface area contributed by atoms with Gasteiger partial charge in [-0.1, -0.05) is 0 Å². The van der Waals surface area contributed by atoms with E-state index in [0.717, 1.165) is 0 Å². The van der Waals surface area contributed by atoms with Crippen LogP contribution in [0, 0.1) is 5.92 Å². The SMILES string of the molecule is CCn1nnc([C@H](C(=O)O)[C@@H]2COC(OC(C)=O)[C@@H]2OC(C)=O)n1. The number of aliphatic carboxylic acids is 1. The van der Waals surface area contributed by atoms with E-state index in [4.69, 9.17) is 14.2 Å². The van der Waals surface area contributed by atoms with E-state index < -0.39 is 42.1 Å². The molecule has 0 saturated carbocycles. The summed E-state index contributed by atoms with van der Waals surface area (Å²) < 4.78 is 15.4. The molecule has 1 aliphatic rings. The molecule has 2 heterocycles. The maximum absolute atomic E-state index is 11.7. The van der Waals surface area contributed by atoms with Gasteiger partial charge in [0.1, 0.15) is 5.92 Å². The van der Waals surface area contributed by atoms with Crippen LogP contribution in [0.5, 0.6) is 0 Å². The zero-order valence-electron chi connectivity index (χ0n) is 13.4. The fourth-order valence-corrected chi connectivity index (χ4v) is 2.48. The summed E-state index contributed by atoms with van der Waals surface area (Å²) >= 11 is 0. The second kappa shape index (κ2) is 7.34. The highest BCUT2D eigenvalue weighted by atomic mass is 16.7. The largest absolute Gasteiger partial charge is 0.481 e. The molecule has 1 aromatic heterocycles. The molecule has 4 atom stereocenters. The zero-order valence-corrected chi connectivity index (χ0v) is 13.4. The molecular weight excluding hydrogens is 324 g/mol. The molecule has 0 radical (unpaired) electrons. The van der Waals surface area contributed by atoms with Crippen molar-refractivity contribution in [2.45, 2.75) is 45.6 Å². The fraction of sp³-hybridized carbons (Fsp3) is 0.692. The summed E-state index contributed by atoms with van der Waals surface area (Å²) in [5, 5.41) is 21.1. The highest BCUT2D eigenvalue weighted by Gasteiger charge is 2.50. The van der Waals surface area contributed by atoms with E-state index in [2.05, 4.69) is 15.4 Å². The first-order valence-corrected chi connectivity index (χ1v) is 7.30. The summed E-state index contributed by atoms with van der Waals surface area (Å²) in [5.74, 6) is -4.60. The highest BCUT2D eigenvalue weighted by Crippen LogP contribution is 2.35. The van der Waals surface area contributed by atoms with E-state index in [1.54, 1.807) is 6.92 Å². The van der Waals surface area contributed by atoms with Crippen LogP contribution in [0.4, 0.5) is 0 Å². The first-order valence-electron chi connectivity index (χ1n) is 7.30. The molecule has 0 amide bonds. The molecule has 1 aromatic rings. The van der Waals surface area contributed by atoms with Gasteiger partial charge >= 0.3 is 17.9 Å². The van der Waals surface area contributed by atoms with E-state index in [1.165, 1.54) is 18.6 Å². The summed E-state index contributed by atoms with van der Waals surface area (Å²) in [7, 11) is 0. The molecule has 0 aromatic carbocycles. The summed E-state index contributed by atoms with van der Waals surface area (Å²) in [4.78, 5) is 35.5. The normalized spacial score (nSPS) is 24.4. The molecule has 1 saturated heterocycles. The monoisotopic (exact) mass is 342 g/mol. The third kappa shape index (κ3) is 3.85. The molecule has 1 N–H and O–H groups in total. The van der Waals surface area contributed by atoms with Crippen molar-refractivity contribution in [3.63, 3.8) is 0 Å². The Kier molecular flexibility index (Phi) is 5.44. The second-order valence-corrected chi connectivity index (χ2v) is 5.20. The standard InChI is InChI=1S/C13H18N4O7/c1-4-17-15-11(14-16-17)9(12(20)21)8-5-22-13(24-7(3)19)10(8)23-6(2)18/h8-10,13H,4-5H2,1-3H3,(H,20,21)/t8-,9+,10+,13?/m0/s1. The quantitative estimate of drug-likeness (QED) is 0.661. The van der Waals surface area contributed by atoms with Crippen molar-refractivity contribution in [2.75, 3.05) is 6.61 Å². The van der Waals surface area contributed by atoms with E-state index in [0.29, 0.717) is 6.54 Å². The third-order valence-electron chi connectivity index (χ3n) is 3.45. The lowest BCUT2D eigenvalue weighted by atomic mass is 9.88. The average molecular weight is 342 g/mol. The minimum Gasteiger partial charge on any atom is -0.481 e. The van der Waals surface area contributed by atoms with Crippen molar-refractivity contribution in [3.05, 3.63) is 5.82 Å². The minimum atomic E-state index is -1.23. The van der Waals surface area contributed by atoms with Gasteiger partial charge in [0.15, 0.2) is 11.9 Å². The summed E-state index contributed by atoms with van der Waals surface area (Å²) in [5.41, 5.74) is 0. The Morgan fingerprint density at radius 1 is 1.33 bits per heavy atom. The molecule has 2 rings (SSSR count). The number of carboxylic acid groups (broad SMARTS) is 1. The number of esters is 2. The number of hydrogen-bond acceptors (Lipinski definition) is 9. The summed E-state index contributed by atoms with van der Waals surface area (Å²) in [6.45, 7) is 4.43. The Labute approximate surface area is 136 Å². The number of carbonyl (C=O) groups is 3. The van der Waals surface area contributed by atoms with Gasteiger partial charge in [-0.15, -0.1) is 10.2 Å². The number of rotatable bonds is 6. The predicted octanol–water partition coefficient (Wildman–Crippen LogP) is -0.671. The van der Waals surface area contributed by atoms with Gasteiger partial charge in [-0.2, -0.15) is 4.80 Å². The fourth-order valence-electron chi connectivity index (χ4n) is 2.48. The van der Waals surface area contributed by atoms with E-state index >= 15 is 0 Å². The summed E-state index contributed by atoms with van der Waals surface area (Å²) in [6, 6.07) is 0. The number of aryl methyl sites for hydroxylation is 1. The van der Waals surface area contributed by atoms with Crippen molar-refractivity contribution in [1.29, 1.82) is 0 Å². The Bertz CT molecular complexity index is 632. The lowest BCUT2D eigenvalue weighted by Crippen LogP contribution is -2.39. The van der Waals surface area contributed by atoms with Gasteiger partial charge in [-0.3, -0.25) is 14.4 Å².